The summed E-state index contributed by atoms with van der Waals surface area (Å²) in [7, 11) is 0. The average molecular weight is 450 g/mol. The van der Waals surface area contributed by atoms with Crippen LogP contribution in [0, 0.1) is 0 Å². The third kappa shape index (κ3) is 7.10. The van der Waals surface area contributed by atoms with Gasteiger partial charge in [0, 0.05) is 23.7 Å². The van der Waals surface area contributed by atoms with E-state index in [1.165, 1.54) is 0 Å². The molecule has 0 bridgehead atoms. The molecular formula is C26H31N3O4. The zero-order valence-electron chi connectivity index (χ0n) is 19.3. The maximum atomic E-state index is 10.6. The standard InChI is InChI=1S/C26H31N3O4/c1-19(2)29(14-15-33-20(3)17-32-18-24(30)31)23-16-27-25(21-10-6-4-7-11-21)26(28-23)22-12-8-5-9-13-22/h4-13,16,19-20H,14-15,17-18H2,1-3H3,(H,30,31)/t20-/m0/s1. The lowest BCUT2D eigenvalue weighted by Crippen LogP contribution is -2.36. The second-order valence-corrected chi connectivity index (χ2v) is 8.03. The number of rotatable bonds is 12. The Hall–Kier alpha value is -3.29. The van der Waals surface area contributed by atoms with E-state index in [1.54, 1.807) is 0 Å². The minimum absolute atomic E-state index is 0.188. The van der Waals surface area contributed by atoms with E-state index in [0.717, 1.165) is 28.3 Å². The smallest absolute Gasteiger partial charge is 0.329 e. The van der Waals surface area contributed by atoms with Crippen LogP contribution in [0.5, 0.6) is 0 Å². The molecule has 0 unspecified atom stereocenters. The number of benzene rings is 2. The Bertz CT molecular complexity index is 1010. The monoisotopic (exact) mass is 449 g/mol. The van der Waals surface area contributed by atoms with E-state index >= 15 is 0 Å². The maximum Gasteiger partial charge on any atom is 0.329 e. The normalized spacial score (nSPS) is 12.0. The summed E-state index contributed by atoms with van der Waals surface area (Å²) in [6, 6.07) is 20.3. The second-order valence-electron chi connectivity index (χ2n) is 8.03. The molecule has 1 atom stereocenters. The first-order valence-corrected chi connectivity index (χ1v) is 11.1. The van der Waals surface area contributed by atoms with Crippen molar-refractivity contribution in [1.82, 2.24) is 9.97 Å². The van der Waals surface area contributed by atoms with Gasteiger partial charge in [0.2, 0.25) is 0 Å². The summed E-state index contributed by atoms with van der Waals surface area (Å²) in [5.41, 5.74) is 3.70. The Morgan fingerprint density at radius 2 is 1.58 bits per heavy atom. The summed E-state index contributed by atoms with van der Waals surface area (Å²) in [6.07, 6.45) is 1.61. The van der Waals surface area contributed by atoms with E-state index in [0.29, 0.717) is 13.2 Å². The van der Waals surface area contributed by atoms with Crippen LogP contribution in [0.2, 0.25) is 0 Å². The lowest BCUT2D eigenvalue weighted by Gasteiger charge is -2.29. The summed E-state index contributed by atoms with van der Waals surface area (Å²) in [6.45, 7) is 7.06. The zero-order chi connectivity index (χ0) is 23.6. The number of carbonyl (C=O) groups is 1. The molecule has 7 nitrogen and oxygen atoms in total. The summed E-state index contributed by atoms with van der Waals surface area (Å²) in [5, 5.41) is 8.67. The van der Waals surface area contributed by atoms with E-state index < -0.39 is 5.97 Å². The third-order valence-electron chi connectivity index (χ3n) is 5.08. The van der Waals surface area contributed by atoms with E-state index in [-0.39, 0.29) is 25.4 Å². The Morgan fingerprint density at radius 1 is 0.970 bits per heavy atom. The molecule has 0 saturated carbocycles. The van der Waals surface area contributed by atoms with Crippen LogP contribution in [0.25, 0.3) is 22.5 Å². The molecule has 0 aliphatic carbocycles. The van der Waals surface area contributed by atoms with Gasteiger partial charge < -0.3 is 19.5 Å². The number of ether oxygens (including phenoxy) is 2. The minimum atomic E-state index is -0.986. The third-order valence-corrected chi connectivity index (χ3v) is 5.08. The highest BCUT2D eigenvalue weighted by molar-refractivity contribution is 5.78. The first-order valence-electron chi connectivity index (χ1n) is 11.1. The first kappa shape index (κ1) is 24.4. The number of hydrogen-bond acceptors (Lipinski definition) is 6. The molecule has 0 aliphatic rings. The summed E-state index contributed by atoms with van der Waals surface area (Å²) >= 11 is 0. The molecule has 3 aromatic rings. The quantitative estimate of drug-likeness (QED) is 0.435. The molecule has 0 radical (unpaired) electrons. The number of aliphatic carboxylic acids is 1. The van der Waals surface area contributed by atoms with Crippen molar-refractivity contribution in [1.29, 1.82) is 0 Å². The lowest BCUT2D eigenvalue weighted by molar-refractivity contribution is -0.143. The fourth-order valence-electron chi connectivity index (χ4n) is 3.47. The van der Waals surface area contributed by atoms with Crippen LogP contribution >= 0.6 is 0 Å². The van der Waals surface area contributed by atoms with Gasteiger partial charge in [0.05, 0.1) is 36.9 Å². The lowest BCUT2D eigenvalue weighted by atomic mass is 10.0. The van der Waals surface area contributed by atoms with Gasteiger partial charge in [-0.1, -0.05) is 60.7 Å². The van der Waals surface area contributed by atoms with Crippen LogP contribution in [0.3, 0.4) is 0 Å². The van der Waals surface area contributed by atoms with Crippen molar-refractivity contribution in [2.75, 3.05) is 31.3 Å². The van der Waals surface area contributed by atoms with Gasteiger partial charge in [-0.2, -0.15) is 0 Å². The molecule has 0 aliphatic heterocycles. The van der Waals surface area contributed by atoms with Crippen LogP contribution in [0.1, 0.15) is 20.8 Å². The van der Waals surface area contributed by atoms with Crippen molar-refractivity contribution in [3.8, 4) is 22.5 Å². The topological polar surface area (TPSA) is 84.8 Å². The Balaban J connectivity index is 1.79. The molecular weight excluding hydrogens is 418 g/mol. The van der Waals surface area contributed by atoms with Crippen molar-refractivity contribution < 1.29 is 19.4 Å². The summed E-state index contributed by atoms with van der Waals surface area (Å²) in [4.78, 5) is 22.6. The van der Waals surface area contributed by atoms with Gasteiger partial charge in [-0.3, -0.25) is 4.98 Å². The number of anilines is 1. The molecule has 1 heterocycles. The predicted molar refractivity (Wildman–Crippen MR) is 129 cm³/mol. The molecule has 0 amide bonds. The predicted octanol–water partition coefficient (Wildman–Crippen LogP) is 4.53. The van der Waals surface area contributed by atoms with E-state index in [9.17, 15) is 4.79 Å². The van der Waals surface area contributed by atoms with Gasteiger partial charge >= 0.3 is 5.97 Å². The Labute approximate surface area is 195 Å². The number of carboxylic acid groups (broad SMARTS) is 1. The van der Waals surface area contributed by atoms with Crippen molar-refractivity contribution in [2.45, 2.75) is 32.9 Å². The second kappa shape index (κ2) is 12.1. The van der Waals surface area contributed by atoms with Gasteiger partial charge in [0.1, 0.15) is 12.4 Å². The fraction of sp³-hybridized carbons (Fsp3) is 0.346. The highest BCUT2D eigenvalue weighted by Crippen LogP contribution is 2.30. The van der Waals surface area contributed by atoms with Gasteiger partial charge in [-0.15, -0.1) is 0 Å². The Kier molecular flexibility index (Phi) is 8.92. The Morgan fingerprint density at radius 3 is 2.15 bits per heavy atom. The highest BCUT2D eigenvalue weighted by atomic mass is 16.5. The van der Waals surface area contributed by atoms with Crippen LogP contribution in [-0.2, 0) is 14.3 Å². The van der Waals surface area contributed by atoms with Crippen LogP contribution in [-0.4, -0.2) is 59.6 Å². The van der Waals surface area contributed by atoms with Gasteiger partial charge in [-0.25, -0.2) is 9.78 Å². The maximum absolute atomic E-state index is 10.6. The van der Waals surface area contributed by atoms with Gasteiger partial charge in [0.15, 0.2) is 0 Å². The fourth-order valence-corrected chi connectivity index (χ4v) is 3.47. The molecule has 0 fully saturated rings. The van der Waals surface area contributed by atoms with Crippen LogP contribution < -0.4 is 4.90 Å². The molecule has 0 saturated heterocycles. The summed E-state index contributed by atoms with van der Waals surface area (Å²) < 4.78 is 10.9. The highest BCUT2D eigenvalue weighted by Gasteiger charge is 2.18. The van der Waals surface area contributed by atoms with Crippen molar-refractivity contribution in [3.05, 3.63) is 66.9 Å². The van der Waals surface area contributed by atoms with Crippen molar-refractivity contribution in [2.24, 2.45) is 0 Å². The number of nitrogens with zero attached hydrogens (tertiary/aromatic N) is 3. The van der Waals surface area contributed by atoms with E-state index in [1.807, 2.05) is 73.8 Å². The van der Waals surface area contributed by atoms with E-state index in [2.05, 4.69) is 18.7 Å². The molecule has 33 heavy (non-hydrogen) atoms. The molecule has 0 spiro atoms. The number of hydrogen-bond donors (Lipinski definition) is 1. The van der Waals surface area contributed by atoms with Crippen LogP contribution in [0.15, 0.2) is 66.9 Å². The van der Waals surface area contributed by atoms with E-state index in [4.69, 9.17) is 24.5 Å². The van der Waals surface area contributed by atoms with Crippen molar-refractivity contribution in [3.63, 3.8) is 0 Å². The molecule has 174 valence electrons. The minimum Gasteiger partial charge on any atom is -0.480 e. The average Bonchev–Trinajstić information content (AvgIpc) is 2.82. The molecule has 1 aromatic heterocycles. The number of aromatic nitrogens is 2. The van der Waals surface area contributed by atoms with Gasteiger partial charge in [0.25, 0.3) is 0 Å². The molecule has 2 aromatic carbocycles. The summed E-state index contributed by atoms with van der Waals surface area (Å²) in [5.74, 6) is -0.207. The first-order chi connectivity index (χ1) is 16.0. The molecule has 7 heteroatoms. The SMILES string of the molecule is CC(C)N(CCO[C@@H](C)COCC(=O)O)c1cnc(-c2ccccc2)c(-c2ccccc2)n1. The molecule has 3 rings (SSSR count). The zero-order valence-corrected chi connectivity index (χ0v) is 19.3. The van der Waals surface area contributed by atoms with Gasteiger partial charge in [-0.05, 0) is 20.8 Å². The molecule has 1 N–H and O–H groups in total. The van der Waals surface area contributed by atoms with Crippen LogP contribution in [0.4, 0.5) is 5.82 Å². The van der Waals surface area contributed by atoms with Crippen molar-refractivity contribution >= 4 is 11.8 Å². The largest absolute Gasteiger partial charge is 0.480 e. The number of carboxylic acids is 1.